The summed E-state index contributed by atoms with van der Waals surface area (Å²) >= 11 is 0. The molecule has 1 aromatic rings. The lowest BCUT2D eigenvalue weighted by atomic mass is 9.84. The van der Waals surface area contributed by atoms with Crippen molar-refractivity contribution in [1.82, 2.24) is 10.3 Å². The highest BCUT2D eigenvalue weighted by Crippen LogP contribution is 2.33. The molecule has 0 bridgehead atoms. The van der Waals surface area contributed by atoms with E-state index in [1.54, 1.807) is 6.20 Å². The zero-order chi connectivity index (χ0) is 11.0. The van der Waals surface area contributed by atoms with Gasteiger partial charge in [-0.3, -0.25) is 0 Å². The van der Waals surface area contributed by atoms with Crippen LogP contribution in [0, 0.1) is 11.9 Å². The van der Waals surface area contributed by atoms with Crippen LogP contribution in [-0.2, 0) is 0 Å². The molecule has 1 fully saturated rings. The van der Waals surface area contributed by atoms with Gasteiger partial charge in [-0.1, -0.05) is 6.08 Å². The Kier molecular flexibility index (Phi) is 2.48. The van der Waals surface area contributed by atoms with Crippen molar-refractivity contribution in [2.45, 2.75) is 25.3 Å². The van der Waals surface area contributed by atoms with Gasteiger partial charge in [0.05, 0.1) is 0 Å². The van der Waals surface area contributed by atoms with Gasteiger partial charge >= 0.3 is 0 Å². The summed E-state index contributed by atoms with van der Waals surface area (Å²) in [6.07, 6.45) is 7.56. The van der Waals surface area contributed by atoms with Crippen molar-refractivity contribution in [2.24, 2.45) is 5.92 Å². The molecule has 84 valence electrons. The smallest absolute Gasteiger partial charge is 0.212 e. The number of aromatic nitrogens is 1. The first-order valence-corrected chi connectivity index (χ1v) is 5.89. The highest BCUT2D eigenvalue weighted by molar-refractivity contribution is 5.66. The first kappa shape index (κ1) is 9.97. The van der Waals surface area contributed by atoms with Gasteiger partial charge in [-0.2, -0.15) is 4.39 Å². The van der Waals surface area contributed by atoms with E-state index >= 15 is 0 Å². The maximum absolute atomic E-state index is 12.7. The van der Waals surface area contributed by atoms with Crippen LogP contribution in [0.25, 0.3) is 5.57 Å². The Morgan fingerprint density at radius 3 is 3.06 bits per heavy atom. The van der Waals surface area contributed by atoms with Gasteiger partial charge in [0.1, 0.15) is 0 Å². The zero-order valence-electron chi connectivity index (χ0n) is 9.12. The van der Waals surface area contributed by atoms with E-state index in [-0.39, 0.29) is 0 Å². The Bertz CT molecular complexity index is 410. The highest BCUT2D eigenvalue weighted by Gasteiger charge is 2.28. The summed E-state index contributed by atoms with van der Waals surface area (Å²) in [5.41, 5.74) is 2.37. The lowest BCUT2D eigenvalue weighted by Crippen LogP contribution is -2.27. The minimum atomic E-state index is -0.406. The van der Waals surface area contributed by atoms with Gasteiger partial charge in [-0.05, 0) is 55.0 Å². The van der Waals surface area contributed by atoms with Crippen LogP contribution >= 0.6 is 0 Å². The molecular formula is C13H15FN2. The largest absolute Gasteiger partial charge is 0.310 e. The van der Waals surface area contributed by atoms with Gasteiger partial charge in [0.25, 0.3) is 0 Å². The fourth-order valence-corrected chi connectivity index (χ4v) is 2.75. The average molecular weight is 218 g/mol. The Morgan fingerprint density at radius 1 is 1.31 bits per heavy atom. The molecule has 1 aromatic heterocycles. The van der Waals surface area contributed by atoms with Gasteiger partial charge < -0.3 is 5.32 Å². The van der Waals surface area contributed by atoms with Gasteiger partial charge in [0, 0.05) is 12.2 Å². The lowest BCUT2D eigenvalue weighted by molar-refractivity contribution is 0.465. The molecule has 2 heterocycles. The molecule has 0 spiro atoms. The van der Waals surface area contributed by atoms with Crippen molar-refractivity contribution < 1.29 is 4.39 Å². The molecule has 1 saturated heterocycles. The third-order valence-corrected chi connectivity index (χ3v) is 3.67. The van der Waals surface area contributed by atoms with Crippen molar-refractivity contribution in [2.75, 3.05) is 6.54 Å². The van der Waals surface area contributed by atoms with Gasteiger partial charge in [0.2, 0.25) is 5.95 Å². The summed E-state index contributed by atoms with van der Waals surface area (Å²) in [5.74, 6) is 0.397. The highest BCUT2D eigenvalue weighted by atomic mass is 19.1. The van der Waals surface area contributed by atoms with Gasteiger partial charge in [-0.15, -0.1) is 0 Å². The number of nitrogens with one attached hydrogen (secondary N) is 1. The van der Waals surface area contributed by atoms with E-state index in [0.29, 0.717) is 6.04 Å². The standard InChI is InChI=1S/C13H15FN2/c14-13-4-3-11(8-16-13)10-2-1-9-5-6-15-12(9)7-10/h3-4,7-9,12,15H,1-2,5-6H2. The van der Waals surface area contributed by atoms with E-state index in [1.807, 2.05) is 6.07 Å². The number of allylic oxidation sites excluding steroid dienone is 1. The third kappa shape index (κ3) is 1.76. The van der Waals surface area contributed by atoms with Crippen molar-refractivity contribution in [3.8, 4) is 0 Å². The molecule has 3 heteroatoms. The molecule has 2 unspecified atom stereocenters. The fourth-order valence-electron chi connectivity index (χ4n) is 2.75. The average Bonchev–Trinajstić information content (AvgIpc) is 2.77. The SMILES string of the molecule is Fc1ccc(C2=CC3NCCC3CC2)cn1. The predicted octanol–water partition coefficient (Wildman–Crippen LogP) is 2.38. The van der Waals surface area contributed by atoms with Crippen LogP contribution in [0.2, 0.25) is 0 Å². The number of nitrogens with zero attached hydrogens (tertiary/aromatic N) is 1. The van der Waals surface area contributed by atoms with Gasteiger partial charge in [-0.25, -0.2) is 4.98 Å². The number of hydrogen-bond acceptors (Lipinski definition) is 2. The molecule has 2 nitrogen and oxygen atoms in total. The number of fused-ring (bicyclic) bond motifs is 1. The van der Waals surface area contributed by atoms with E-state index in [0.717, 1.165) is 24.4 Å². The number of rotatable bonds is 1. The lowest BCUT2D eigenvalue weighted by Gasteiger charge is -2.24. The molecule has 0 amide bonds. The van der Waals surface area contributed by atoms with Crippen LogP contribution in [0.1, 0.15) is 24.8 Å². The molecule has 0 radical (unpaired) electrons. The Balaban J connectivity index is 1.87. The minimum absolute atomic E-state index is 0.406. The topological polar surface area (TPSA) is 24.9 Å². The number of halogens is 1. The van der Waals surface area contributed by atoms with Crippen LogP contribution in [0.15, 0.2) is 24.4 Å². The summed E-state index contributed by atoms with van der Waals surface area (Å²) < 4.78 is 12.7. The number of pyridine rings is 1. The second-order valence-corrected chi connectivity index (χ2v) is 4.63. The van der Waals surface area contributed by atoms with E-state index in [1.165, 1.54) is 24.5 Å². The molecule has 2 aliphatic rings. The molecule has 0 saturated carbocycles. The summed E-state index contributed by atoms with van der Waals surface area (Å²) in [7, 11) is 0. The normalized spacial score (nSPS) is 28.7. The van der Waals surface area contributed by atoms with Crippen LogP contribution in [0.3, 0.4) is 0 Å². The Hall–Kier alpha value is -1.22. The molecule has 3 rings (SSSR count). The predicted molar refractivity (Wildman–Crippen MR) is 61.3 cm³/mol. The quantitative estimate of drug-likeness (QED) is 0.732. The number of hydrogen-bond donors (Lipinski definition) is 1. The Labute approximate surface area is 94.6 Å². The second kappa shape index (κ2) is 3.98. The molecule has 0 aromatic carbocycles. The molecule has 1 aliphatic carbocycles. The molecule has 1 aliphatic heterocycles. The van der Waals surface area contributed by atoms with Crippen LogP contribution in [-0.4, -0.2) is 17.6 Å². The third-order valence-electron chi connectivity index (χ3n) is 3.67. The van der Waals surface area contributed by atoms with Crippen molar-refractivity contribution >= 4 is 5.57 Å². The first-order chi connectivity index (χ1) is 7.83. The van der Waals surface area contributed by atoms with E-state index in [9.17, 15) is 4.39 Å². The van der Waals surface area contributed by atoms with Gasteiger partial charge in [0.15, 0.2) is 0 Å². The summed E-state index contributed by atoms with van der Waals surface area (Å²) in [6, 6.07) is 3.78. The maximum atomic E-state index is 12.7. The molecule has 2 atom stereocenters. The minimum Gasteiger partial charge on any atom is -0.310 e. The summed E-state index contributed by atoms with van der Waals surface area (Å²) in [5, 5.41) is 3.50. The van der Waals surface area contributed by atoms with Crippen LogP contribution < -0.4 is 5.32 Å². The second-order valence-electron chi connectivity index (χ2n) is 4.63. The van der Waals surface area contributed by atoms with Crippen molar-refractivity contribution in [3.05, 3.63) is 35.9 Å². The summed E-state index contributed by atoms with van der Waals surface area (Å²) in [4.78, 5) is 3.71. The van der Waals surface area contributed by atoms with E-state index < -0.39 is 5.95 Å². The Morgan fingerprint density at radius 2 is 2.25 bits per heavy atom. The maximum Gasteiger partial charge on any atom is 0.212 e. The van der Waals surface area contributed by atoms with Crippen LogP contribution in [0.5, 0.6) is 0 Å². The molecule has 1 N–H and O–H groups in total. The van der Waals surface area contributed by atoms with Crippen molar-refractivity contribution in [1.29, 1.82) is 0 Å². The molecule has 16 heavy (non-hydrogen) atoms. The molecular weight excluding hydrogens is 203 g/mol. The fraction of sp³-hybridized carbons (Fsp3) is 0.462. The van der Waals surface area contributed by atoms with E-state index in [4.69, 9.17) is 0 Å². The summed E-state index contributed by atoms with van der Waals surface area (Å²) in [6.45, 7) is 1.13. The van der Waals surface area contributed by atoms with E-state index in [2.05, 4.69) is 16.4 Å². The van der Waals surface area contributed by atoms with Crippen molar-refractivity contribution in [3.63, 3.8) is 0 Å². The first-order valence-electron chi connectivity index (χ1n) is 5.89. The monoisotopic (exact) mass is 218 g/mol. The van der Waals surface area contributed by atoms with Crippen LogP contribution in [0.4, 0.5) is 4.39 Å². The zero-order valence-corrected chi connectivity index (χ0v) is 9.12.